The van der Waals surface area contributed by atoms with Gasteiger partial charge in [0.25, 0.3) is 0 Å². The van der Waals surface area contributed by atoms with Crippen molar-refractivity contribution in [3.8, 4) is 0 Å². The molecule has 4 unspecified atom stereocenters. The van der Waals surface area contributed by atoms with Crippen molar-refractivity contribution in [1.82, 2.24) is 15.0 Å². The van der Waals surface area contributed by atoms with Crippen molar-refractivity contribution in [2.45, 2.75) is 21.5 Å². The predicted octanol–water partition coefficient (Wildman–Crippen LogP) is 0.627. The van der Waals surface area contributed by atoms with Crippen LogP contribution in [0.3, 0.4) is 0 Å². The van der Waals surface area contributed by atoms with E-state index >= 15 is 0 Å². The zero-order valence-electron chi connectivity index (χ0n) is 17.8. The first-order valence-electron chi connectivity index (χ1n) is 9.63. The van der Waals surface area contributed by atoms with Crippen molar-refractivity contribution in [2.24, 2.45) is 0 Å². The van der Waals surface area contributed by atoms with Crippen LogP contribution in [-0.4, -0.2) is 110 Å². The molecule has 0 aliphatic carbocycles. The van der Waals surface area contributed by atoms with E-state index in [2.05, 4.69) is 15.0 Å². The van der Waals surface area contributed by atoms with E-state index in [1.165, 1.54) is 0 Å². The molecule has 13 nitrogen and oxygen atoms in total. The summed E-state index contributed by atoms with van der Waals surface area (Å²) in [5, 5.41) is 31.9. The zero-order chi connectivity index (χ0) is 26.6. The second kappa shape index (κ2) is 16.5. The van der Waals surface area contributed by atoms with Crippen molar-refractivity contribution in [2.75, 3.05) is 52.9 Å². The molecule has 20 heteroatoms. The molecule has 204 valence electrons. The smallest absolute Gasteiger partial charge is 0.395 e. The molecule has 0 saturated carbocycles. The number of hydrogen-bond donors (Lipinski definition) is 4. The third-order valence-corrected chi connectivity index (χ3v) is 8.13. The van der Waals surface area contributed by atoms with Gasteiger partial charge in [0.1, 0.15) is 0 Å². The highest BCUT2D eigenvalue weighted by Gasteiger charge is 2.39. The highest BCUT2D eigenvalue weighted by atomic mass is 35.5. The summed E-state index contributed by atoms with van der Waals surface area (Å²) >= 11 is 29.2. The Hall–Kier alpha value is 0.600. The molecule has 0 spiro atoms. The molecular formula is C15H24Cl5N3O10P2. The monoisotopic (exact) mass is 643 g/mol. The summed E-state index contributed by atoms with van der Waals surface area (Å²) in [5.74, 6) is 0. The van der Waals surface area contributed by atoms with Crippen molar-refractivity contribution < 1.29 is 47.7 Å². The number of aliphatic hydroxyl groups is 4. The molecule has 0 aromatic carbocycles. The quantitative estimate of drug-likeness (QED) is 0.129. The fraction of sp³-hybridized carbons (Fsp3) is 0.800. The van der Waals surface area contributed by atoms with Crippen LogP contribution in [-0.2, 0) is 27.2 Å². The van der Waals surface area contributed by atoms with Crippen LogP contribution in [0.5, 0.6) is 0 Å². The van der Waals surface area contributed by atoms with Crippen molar-refractivity contribution >= 4 is 84.3 Å². The van der Waals surface area contributed by atoms with E-state index in [-0.39, 0.29) is 0 Å². The number of nitrogens with zero attached hydrogens (tertiary/aromatic N) is 3. The highest BCUT2D eigenvalue weighted by molar-refractivity contribution is 7.63. The van der Waals surface area contributed by atoms with Gasteiger partial charge in [-0.25, -0.2) is 0 Å². The number of halogens is 5. The molecule has 1 heterocycles. The number of alkyl halides is 4. The molecule has 0 fully saturated rings. The van der Waals surface area contributed by atoms with Gasteiger partial charge in [-0.15, -0.1) is 46.4 Å². The summed E-state index contributed by atoms with van der Waals surface area (Å²) < 4.78 is 47.9. The van der Waals surface area contributed by atoms with Crippen LogP contribution in [0, 0.1) is 0 Å². The average Bonchev–Trinajstić information content (AvgIpc) is 2.86. The molecule has 4 N–H and O–H groups in total. The molecule has 0 aliphatic rings. The average molecular weight is 646 g/mol. The van der Waals surface area contributed by atoms with E-state index < -0.39 is 106 Å². The van der Waals surface area contributed by atoms with E-state index in [9.17, 15) is 9.13 Å². The highest BCUT2D eigenvalue weighted by Crippen LogP contribution is 2.49. The lowest BCUT2D eigenvalue weighted by Gasteiger charge is -2.22. The van der Waals surface area contributed by atoms with Gasteiger partial charge in [0.05, 0.1) is 74.4 Å². The van der Waals surface area contributed by atoms with E-state index in [0.29, 0.717) is 0 Å². The normalized spacial score (nSPS) is 18.9. The van der Waals surface area contributed by atoms with E-state index in [1.807, 2.05) is 0 Å². The third-order valence-electron chi connectivity index (χ3n) is 3.57. The second-order valence-electron chi connectivity index (χ2n) is 6.50. The Kier molecular flexibility index (Phi) is 15.9. The van der Waals surface area contributed by atoms with Crippen LogP contribution < -0.4 is 11.1 Å². The Balaban J connectivity index is 3.45. The summed E-state index contributed by atoms with van der Waals surface area (Å²) in [6, 6.07) is 0. The molecule has 0 radical (unpaired) electrons. The van der Waals surface area contributed by atoms with Gasteiger partial charge < -0.3 is 38.5 Å². The molecule has 0 amide bonds. The molecule has 0 bridgehead atoms. The minimum atomic E-state index is -4.52. The minimum Gasteiger partial charge on any atom is -0.395 e. The zero-order valence-corrected chi connectivity index (χ0v) is 23.4. The first-order chi connectivity index (χ1) is 16.4. The lowest BCUT2D eigenvalue weighted by atomic mass is 10.5. The first-order valence-corrected chi connectivity index (χ1v) is 14.8. The second-order valence-corrected chi connectivity index (χ2v) is 13.1. The maximum Gasteiger partial charge on any atom is 0.398 e. The topological polar surface area (TPSA) is 191 Å². The van der Waals surface area contributed by atoms with Gasteiger partial charge in [0.2, 0.25) is 16.4 Å². The summed E-state index contributed by atoms with van der Waals surface area (Å²) in [4.78, 5) is 11.2. The Morgan fingerprint density at radius 3 is 1.09 bits per heavy atom. The van der Waals surface area contributed by atoms with E-state index in [1.54, 1.807) is 0 Å². The summed E-state index contributed by atoms with van der Waals surface area (Å²) in [7, 11) is -9.04. The van der Waals surface area contributed by atoms with Gasteiger partial charge in [0, 0.05) is 0 Å². The maximum atomic E-state index is 13.5. The lowest BCUT2D eigenvalue weighted by Crippen LogP contribution is -2.32. The summed E-state index contributed by atoms with van der Waals surface area (Å²) in [5.41, 5.74) is -1.48. The number of aliphatic hydroxyl groups excluding tert-OH is 4. The van der Waals surface area contributed by atoms with Crippen molar-refractivity contribution in [3.63, 3.8) is 0 Å². The van der Waals surface area contributed by atoms with Gasteiger partial charge in [-0.2, -0.15) is 15.0 Å². The number of hydrogen-bond acceptors (Lipinski definition) is 13. The van der Waals surface area contributed by atoms with Gasteiger partial charge in [-0.3, -0.25) is 9.13 Å². The molecule has 35 heavy (non-hydrogen) atoms. The van der Waals surface area contributed by atoms with Crippen molar-refractivity contribution in [1.29, 1.82) is 0 Å². The Morgan fingerprint density at radius 2 is 0.857 bits per heavy atom. The van der Waals surface area contributed by atoms with Crippen LogP contribution >= 0.6 is 73.2 Å². The van der Waals surface area contributed by atoms with Crippen LogP contribution in [0.4, 0.5) is 0 Å². The molecule has 0 aliphatic heterocycles. The van der Waals surface area contributed by atoms with Crippen LogP contribution in [0.1, 0.15) is 0 Å². The van der Waals surface area contributed by atoms with Crippen LogP contribution in [0.2, 0.25) is 5.28 Å². The Morgan fingerprint density at radius 1 is 0.600 bits per heavy atom. The standard InChI is InChI=1S/C15H24Cl5N3O10P2/c16-9(1-24)5-30-34(28,31-6-10(17)2-25)14-21-13(20)22-15(23-14)35(29,32-7-11(18)3-26)33-8-12(19)4-27/h9-12,24-27H,1-8H2. The lowest BCUT2D eigenvalue weighted by molar-refractivity contribution is 0.180. The Labute approximate surface area is 226 Å². The van der Waals surface area contributed by atoms with Gasteiger partial charge >= 0.3 is 15.2 Å². The van der Waals surface area contributed by atoms with Gasteiger partial charge in [0.15, 0.2) is 0 Å². The molecular weight excluding hydrogens is 621 g/mol. The van der Waals surface area contributed by atoms with Crippen LogP contribution in [0.15, 0.2) is 0 Å². The van der Waals surface area contributed by atoms with E-state index in [0.717, 1.165) is 0 Å². The van der Waals surface area contributed by atoms with Crippen LogP contribution in [0.25, 0.3) is 0 Å². The first kappa shape index (κ1) is 33.6. The fourth-order valence-corrected chi connectivity index (χ4v) is 5.75. The summed E-state index contributed by atoms with van der Waals surface area (Å²) in [6.07, 6.45) is 0. The predicted molar refractivity (Wildman–Crippen MR) is 130 cm³/mol. The van der Waals surface area contributed by atoms with Gasteiger partial charge in [-0.1, -0.05) is 0 Å². The number of rotatable bonds is 18. The summed E-state index contributed by atoms with van der Waals surface area (Å²) in [6.45, 7) is -4.15. The SMILES string of the molecule is O=P(OCC(Cl)CO)(OCC(Cl)CO)c1nc(Cl)nc(P(=O)(OCC(Cl)CO)OCC(Cl)CO)n1. The third kappa shape index (κ3) is 11.5. The molecule has 1 rings (SSSR count). The van der Waals surface area contributed by atoms with Crippen molar-refractivity contribution in [3.05, 3.63) is 5.28 Å². The molecule has 1 aromatic rings. The molecule has 0 saturated heterocycles. The van der Waals surface area contributed by atoms with Gasteiger partial charge in [-0.05, 0) is 11.6 Å². The maximum absolute atomic E-state index is 13.5. The number of aromatic nitrogens is 3. The fourth-order valence-electron chi connectivity index (χ4n) is 1.81. The Bertz CT molecular complexity index is 778. The molecule has 1 aromatic heterocycles. The minimum absolute atomic E-state index is 0.500. The largest absolute Gasteiger partial charge is 0.398 e. The molecule has 4 atom stereocenters. The van der Waals surface area contributed by atoms with E-state index in [4.69, 9.17) is 96.5 Å².